The van der Waals surface area contributed by atoms with Crippen LogP contribution in [0.25, 0.3) is 5.57 Å². The van der Waals surface area contributed by atoms with Gasteiger partial charge in [-0.25, -0.2) is 28.7 Å². The van der Waals surface area contributed by atoms with Crippen LogP contribution < -0.4 is 15.4 Å². The first-order valence-corrected chi connectivity index (χ1v) is 17.2. The summed E-state index contributed by atoms with van der Waals surface area (Å²) in [5, 5.41) is 54.8. The zero-order valence-electron chi connectivity index (χ0n) is 26.3. The molecule has 3 aliphatic carbocycles. The summed E-state index contributed by atoms with van der Waals surface area (Å²) in [5.41, 5.74) is 3.90. The number of hydrogen-bond acceptors (Lipinski definition) is 13. The molecule has 0 aliphatic heterocycles. The van der Waals surface area contributed by atoms with E-state index in [0.717, 1.165) is 39.8 Å². The van der Waals surface area contributed by atoms with Gasteiger partial charge in [-0.3, -0.25) is 10.2 Å². The summed E-state index contributed by atoms with van der Waals surface area (Å²) < 4.78 is 28.1. The predicted octanol–water partition coefficient (Wildman–Crippen LogP) is 4.31. The number of aromatic nitrogens is 8. The summed E-state index contributed by atoms with van der Waals surface area (Å²) in [6, 6.07) is 7.02. The van der Waals surface area contributed by atoms with Gasteiger partial charge >= 0.3 is 7.12 Å². The third-order valence-electron chi connectivity index (χ3n) is 7.70. The molecular weight excluding hydrogens is 737 g/mol. The predicted molar refractivity (Wildman–Crippen MR) is 187 cm³/mol. The summed E-state index contributed by atoms with van der Waals surface area (Å²) in [6.45, 7) is -0.0408. The summed E-state index contributed by atoms with van der Waals surface area (Å²) >= 11 is 4.28. The lowest BCUT2D eigenvalue weighted by Crippen LogP contribution is -2.26. The second-order valence-electron chi connectivity index (χ2n) is 11.6. The molecule has 0 aromatic carbocycles. The lowest BCUT2D eigenvalue weighted by molar-refractivity contribution is 0.285. The summed E-state index contributed by atoms with van der Waals surface area (Å²) in [7, 11) is -1.41. The van der Waals surface area contributed by atoms with Crippen molar-refractivity contribution in [3.8, 4) is 0 Å². The quantitative estimate of drug-likeness (QED) is 0.0738. The first kappa shape index (κ1) is 35.4. The SMILES string of the molecule is Fc1cnc(Br)nc1Nc1cc(C2CC2)[nH]n1.OCC1=CC=C(c2ncc(F)c(Nc3cc(C4CC4)[nH]n3)n2)C1.OCc1ccc(B(O)O)s1. The van der Waals surface area contributed by atoms with E-state index in [0.29, 0.717) is 45.2 Å². The minimum absolute atomic E-state index is 0.00349. The van der Waals surface area contributed by atoms with Gasteiger partial charge in [0.2, 0.25) is 0 Å². The smallest absolute Gasteiger partial charge is 0.423 e. The topological polar surface area (TPSA) is 214 Å². The molecule has 3 aliphatic rings. The molecule has 0 unspecified atom stereocenters. The van der Waals surface area contributed by atoms with Crippen LogP contribution in [0.4, 0.5) is 32.1 Å². The molecule has 5 aromatic heterocycles. The third kappa shape index (κ3) is 9.43. The molecule has 19 heteroatoms. The van der Waals surface area contributed by atoms with Gasteiger partial charge in [-0.15, -0.1) is 11.3 Å². The van der Waals surface area contributed by atoms with Crippen LogP contribution in [0.1, 0.15) is 66.0 Å². The van der Waals surface area contributed by atoms with Gasteiger partial charge in [0.25, 0.3) is 0 Å². The number of rotatable bonds is 10. The van der Waals surface area contributed by atoms with Gasteiger partial charge in [-0.05, 0) is 59.7 Å². The number of halogens is 3. The molecule has 2 fully saturated rings. The van der Waals surface area contributed by atoms with Gasteiger partial charge in [0.15, 0.2) is 45.5 Å². The maximum Gasteiger partial charge on any atom is 0.499 e. The maximum atomic E-state index is 14.0. The lowest BCUT2D eigenvalue weighted by atomic mass is 9.90. The Labute approximate surface area is 297 Å². The van der Waals surface area contributed by atoms with Gasteiger partial charge in [-0.2, -0.15) is 10.2 Å². The number of aromatic amines is 2. The molecule has 0 amide bonds. The number of hydrogen-bond donors (Lipinski definition) is 8. The van der Waals surface area contributed by atoms with Crippen LogP contribution in [0.3, 0.4) is 0 Å². The molecular formula is C31H32BBrF2N10O4S. The largest absolute Gasteiger partial charge is 0.499 e. The summed E-state index contributed by atoms with van der Waals surface area (Å²) in [4.78, 5) is 16.6. The average molecular weight is 769 g/mol. The van der Waals surface area contributed by atoms with E-state index in [9.17, 15) is 8.78 Å². The van der Waals surface area contributed by atoms with Crippen molar-refractivity contribution < 1.29 is 29.0 Å². The van der Waals surface area contributed by atoms with Gasteiger partial charge in [-0.1, -0.05) is 18.2 Å². The molecule has 0 spiro atoms. The fourth-order valence-corrected chi connectivity index (χ4v) is 5.78. The van der Waals surface area contributed by atoms with Crippen molar-refractivity contribution in [2.24, 2.45) is 0 Å². The van der Waals surface area contributed by atoms with Crippen molar-refractivity contribution in [2.75, 3.05) is 17.2 Å². The first-order valence-electron chi connectivity index (χ1n) is 15.6. The van der Waals surface area contributed by atoms with Crippen molar-refractivity contribution in [3.63, 3.8) is 0 Å². The van der Waals surface area contributed by atoms with Crippen LogP contribution in [0.5, 0.6) is 0 Å². The summed E-state index contributed by atoms with van der Waals surface area (Å²) in [5.74, 6) is 1.87. The molecule has 0 atom stereocenters. The highest BCUT2D eigenvalue weighted by Crippen LogP contribution is 2.40. The van der Waals surface area contributed by atoms with Crippen LogP contribution in [-0.4, -0.2) is 74.3 Å². The van der Waals surface area contributed by atoms with Crippen molar-refractivity contribution in [2.45, 2.75) is 50.5 Å². The molecule has 8 rings (SSSR count). The molecule has 260 valence electrons. The Morgan fingerprint density at radius 3 is 1.94 bits per heavy atom. The third-order valence-corrected chi connectivity index (χ3v) is 9.19. The Bertz CT molecular complexity index is 2000. The number of nitrogens with zero attached hydrogens (tertiary/aromatic N) is 6. The van der Waals surface area contributed by atoms with E-state index in [1.165, 1.54) is 37.0 Å². The van der Waals surface area contributed by atoms with Crippen LogP contribution in [0.15, 0.2) is 59.1 Å². The molecule has 5 aromatic rings. The fraction of sp³-hybridized carbons (Fsp3) is 0.290. The number of thiophene rings is 1. The van der Waals surface area contributed by atoms with Gasteiger partial charge in [0, 0.05) is 50.6 Å². The second kappa shape index (κ2) is 16.1. The second-order valence-corrected chi connectivity index (χ2v) is 13.5. The fourth-order valence-electron chi connectivity index (χ4n) is 4.76. The average Bonchev–Trinajstić information content (AvgIpc) is 3.88. The number of allylic oxidation sites excluding steroid dienone is 3. The maximum absolute atomic E-state index is 14.0. The van der Waals surface area contributed by atoms with Crippen molar-refractivity contribution in [1.82, 2.24) is 40.3 Å². The van der Waals surface area contributed by atoms with Crippen LogP contribution in [0.2, 0.25) is 0 Å². The Hall–Kier alpha value is -4.40. The van der Waals surface area contributed by atoms with Crippen molar-refractivity contribution >= 4 is 68.0 Å². The number of nitrogens with one attached hydrogen (secondary N) is 4. The standard InChI is InChI=1S/C16H16FN5O.C10H9BrFN5.C5H7BO3S/c17-12-7-18-15(11-2-1-9(5-11)8-23)20-16(12)19-14-6-13(21-22-14)10-3-4-10;11-10-13-4-6(12)9(15-10)14-8-3-7(16-17-8)5-1-2-5;7-3-4-1-2-5(10-4)6(8)9/h1-2,6-7,10,23H,3-5,8H2,(H2,18,19,20,21,22);3-5H,1-2H2,(H2,13,14,15,16,17);1-2,7-9H,3H2. The highest BCUT2D eigenvalue weighted by molar-refractivity contribution is 9.10. The summed E-state index contributed by atoms with van der Waals surface area (Å²) in [6.07, 6.45) is 11.2. The van der Waals surface area contributed by atoms with E-state index in [1.807, 2.05) is 24.3 Å². The highest BCUT2D eigenvalue weighted by atomic mass is 79.9. The molecule has 8 N–H and O–H groups in total. The molecule has 2 saturated carbocycles. The molecule has 0 radical (unpaired) electrons. The monoisotopic (exact) mass is 768 g/mol. The van der Waals surface area contributed by atoms with Crippen molar-refractivity contribution in [3.05, 3.63) is 92.8 Å². The van der Waals surface area contributed by atoms with E-state index >= 15 is 0 Å². The molecule has 50 heavy (non-hydrogen) atoms. The van der Waals surface area contributed by atoms with E-state index in [-0.39, 0.29) is 24.8 Å². The number of aliphatic hydroxyl groups excluding tert-OH is 2. The number of H-pyrrole nitrogens is 2. The molecule has 14 nitrogen and oxygen atoms in total. The van der Waals surface area contributed by atoms with E-state index in [2.05, 4.69) is 66.9 Å². The normalized spacial score (nSPS) is 14.9. The van der Waals surface area contributed by atoms with E-state index < -0.39 is 18.8 Å². The lowest BCUT2D eigenvalue weighted by Gasteiger charge is -2.07. The van der Waals surface area contributed by atoms with Crippen LogP contribution in [0, 0.1) is 11.6 Å². The van der Waals surface area contributed by atoms with Gasteiger partial charge in [0.1, 0.15) is 0 Å². The van der Waals surface area contributed by atoms with E-state index in [1.54, 1.807) is 12.1 Å². The Morgan fingerprint density at radius 1 is 0.840 bits per heavy atom. The van der Waals surface area contributed by atoms with Crippen LogP contribution >= 0.6 is 27.3 Å². The minimum atomic E-state index is -1.41. The molecule has 0 saturated heterocycles. The number of anilines is 4. The highest BCUT2D eigenvalue weighted by Gasteiger charge is 2.26. The Balaban J connectivity index is 0.000000141. The van der Waals surface area contributed by atoms with E-state index in [4.69, 9.17) is 20.3 Å². The number of aliphatic hydroxyl groups is 2. The Kier molecular flexibility index (Phi) is 11.4. The Morgan fingerprint density at radius 2 is 1.44 bits per heavy atom. The zero-order chi connectivity index (χ0) is 35.2. The first-order chi connectivity index (χ1) is 24.2. The van der Waals surface area contributed by atoms with Gasteiger partial charge < -0.3 is 30.9 Å². The van der Waals surface area contributed by atoms with Crippen molar-refractivity contribution in [1.29, 1.82) is 0 Å². The molecule has 0 bridgehead atoms. The van der Waals surface area contributed by atoms with Gasteiger partial charge in [0.05, 0.1) is 25.6 Å². The molecule has 5 heterocycles. The minimum Gasteiger partial charge on any atom is -0.423 e. The zero-order valence-corrected chi connectivity index (χ0v) is 28.7. The van der Waals surface area contributed by atoms with Crippen LogP contribution in [-0.2, 0) is 6.61 Å².